The van der Waals surface area contributed by atoms with Gasteiger partial charge in [0.2, 0.25) is 0 Å². The topological polar surface area (TPSA) is 35.2 Å². The number of nitrogens with two attached hydrogens (primary N) is 1. The minimum absolute atomic E-state index is 0.0331. The minimum atomic E-state index is 0.0331. The zero-order chi connectivity index (χ0) is 10.0. The molecule has 1 aromatic carbocycles. The number of hydrogen-bond donors (Lipinski definition) is 1. The van der Waals surface area contributed by atoms with Crippen molar-refractivity contribution in [1.82, 2.24) is 0 Å². The van der Waals surface area contributed by atoms with Crippen LogP contribution in [0, 0.1) is 6.92 Å². The largest absolute Gasteiger partial charge is 0.496 e. The maximum Gasteiger partial charge on any atom is 0.123 e. The van der Waals surface area contributed by atoms with Crippen LogP contribution < -0.4 is 10.5 Å². The van der Waals surface area contributed by atoms with Crippen LogP contribution >= 0.6 is 15.9 Å². The molecular formula is C10H14BrNO. The molecule has 0 amide bonds. The zero-order valence-electron chi connectivity index (χ0n) is 8.10. The van der Waals surface area contributed by atoms with E-state index in [1.807, 2.05) is 26.0 Å². The predicted molar refractivity (Wildman–Crippen MR) is 58.0 cm³/mol. The second kappa shape index (κ2) is 4.11. The Morgan fingerprint density at radius 2 is 2.08 bits per heavy atom. The molecule has 1 unspecified atom stereocenters. The van der Waals surface area contributed by atoms with E-state index in [1.165, 1.54) is 0 Å². The standard InChI is InChI=1S/C10H14BrNO/c1-6-9(11)4-8(7(2)12)5-10(6)13-3/h4-5,7H,12H2,1-3H3. The molecule has 3 heteroatoms. The molecular weight excluding hydrogens is 230 g/mol. The van der Waals surface area contributed by atoms with Crippen LogP contribution in [-0.4, -0.2) is 7.11 Å². The van der Waals surface area contributed by atoms with Crippen LogP contribution in [-0.2, 0) is 0 Å². The van der Waals surface area contributed by atoms with Crippen molar-refractivity contribution in [2.75, 3.05) is 7.11 Å². The highest BCUT2D eigenvalue weighted by Crippen LogP contribution is 2.29. The molecule has 0 aliphatic carbocycles. The molecule has 1 atom stereocenters. The molecule has 2 N–H and O–H groups in total. The van der Waals surface area contributed by atoms with Gasteiger partial charge in [0.15, 0.2) is 0 Å². The summed E-state index contributed by atoms with van der Waals surface area (Å²) in [7, 11) is 1.67. The van der Waals surface area contributed by atoms with Gasteiger partial charge in [-0.3, -0.25) is 0 Å². The maximum absolute atomic E-state index is 5.78. The Hall–Kier alpha value is -0.540. The van der Waals surface area contributed by atoms with Gasteiger partial charge in [0.25, 0.3) is 0 Å². The molecule has 1 aromatic rings. The smallest absolute Gasteiger partial charge is 0.123 e. The summed E-state index contributed by atoms with van der Waals surface area (Å²) in [5.74, 6) is 0.877. The molecule has 0 fully saturated rings. The van der Waals surface area contributed by atoms with Gasteiger partial charge < -0.3 is 10.5 Å². The molecule has 0 radical (unpaired) electrons. The molecule has 72 valence electrons. The Morgan fingerprint density at radius 1 is 1.46 bits per heavy atom. The lowest BCUT2D eigenvalue weighted by Gasteiger charge is -2.12. The first-order valence-corrected chi connectivity index (χ1v) is 4.95. The van der Waals surface area contributed by atoms with Gasteiger partial charge in [-0.1, -0.05) is 15.9 Å². The average Bonchev–Trinajstić information content (AvgIpc) is 2.09. The highest BCUT2D eigenvalue weighted by atomic mass is 79.9. The molecule has 2 nitrogen and oxygen atoms in total. The van der Waals surface area contributed by atoms with E-state index >= 15 is 0 Å². The fraction of sp³-hybridized carbons (Fsp3) is 0.400. The van der Waals surface area contributed by atoms with E-state index in [1.54, 1.807) is 7.11 Å². The summed E-state index contributed by atoms with van der Waals surface area (Å²) in [6.07, 6.45) is 0. The first kappa shape index (κ1) is 10.5. The Labute approximate surface area is 87.2 Å². The van der Waals surface area contributed by atoms with Gasteiger partial charge in [-0.25, -0.2) is 0 Å². The molecule has 0 aliphatic rings. The van der Waals surface area contributed by atoms with Gasteiger partial charge in [0.1, 0.15) is 5.75 Å². The van der Waals surface area contributed by atoms with E-state index in [9.17, 15) is 0 Å². The monoisotopic (exact) mass is 243 g/mol. The first-order valence-electron chi connectivity index (χ1n) is 4.16. The molecule has 0 saturated carbocycles. The van der Waals surface area contributed by atoms with Gasteiger partial charge >= 0.3 is 0 Å². The Kier molecular flexibility index (Phi) is 3.33. The Morgan fingerprint density at radius 3 is 2.54 bits per heavy atom. The maximum atomic E-state index is 5.78. The van der Waals surface area contributed by atoms with E-state index in [-0.39, 0.29) is 6.04 Å². The van der Waals surface area contributed by atoms with Gasteiger partial charge in [-0.2, -0.15) is 0 Å². The fourth-order valence-electron chi connectivity index (χ4n) is 1.15. The van der Waals surface area contributed by atoms with Crippen LogP contribution in [0.2, 0.25) is 0 Å². The van der Waals surface area contributed by atoms with Crippen molar-refractivity contribution in [2.24, 2.45) is 5.73 Å². The molecule has 0 aliphatic heterocycles. The second-order valence-corrected chi connectivity index (χ2v) is 3.97. The van der Waals surface area contributed by atoms with Crippen LogP contribution in [0.25, 0.3) is 0 Å². The third-order valence-corrected chi connectivity index (χ3v) is 2.89. The summed E-state index contributed by atoms with van der Waals surface area (Å²) in [6, 6.07) is 4.04. The lowest BCUT2D eigenvalue weighted by Crippen LogP contribution is -2.05. The van der Waals surface area contributed by atoms with E-state index < -0.39 is 0 Å². The van der Waals surface area contributed by atoms with Crippen molar-refractivity contribution in [2.45, 2.75) is 19.9 Å². The Balaban J connectivity index is 3.22. The van der Waals surface area contributed by atoms with Crippen molar-refractivity contribution in [3.05, 3.63) is 27.7 Å². The highest BCUT2D eigenvalue weighted by molar-refractivity contribution is 9.10. The van der Waals surface area contributed by atoms with Gasteiger partial charge in [0, 0.05) is 16.1 Å². The van der Waals surface area contributed by atoms with Crippen LogP contribution in [0.5, 0.6) is 5.75 Å². The quantitative estimate of drug-likeness (QED) is 0.868. The summed E-state index contributed by atoms with van der Waals surface area (Å²) >= 11 is 3.47. The molecule has 13 heavy (non-hydrogen) atoms. The number of rotatable bonds is 2. The SMILES string of the molecule is COc1cc(C(C)N)cc(Br)c1C. The summed E-state index contributed by atoms with van der Waals surface area (Å²) < 4.78 is 6.27. The number of hydrogen-bond acceptors (Lipinski definition) is 2. The van der Waals surface area contributed by atoms with Gasteiger partial charge in [-0.15, -0.1) is 0 Å². The molecule has 0 saturated heterocycles. The minimum Gasteiger partial charge on any atom is -0.496 e. The molecule has 0 heterocycles. The van der Waals surface area contributed by atoms with Gasteiger partial charge in [0.05, 0.1) is 7.11 Å². The van der Waals surface area contributed by atoms with Crippen LogP contribution in [0.15, 0.2) is 16.6 Å². The summed E-state index contributed by atoms with van der Waals surface area (Å²) in [6.45, 7) is 3.96. The summed E-state index contributed by atoms with van der Waals surface area (Å²) in [4.78, 5) is 0. The van der Waals surface area contributed by atoms with Crippen LogP contribution in [0.4, 0.5) is 0 Å². The van der Waals surface area contributed by atoms with E-state index in [2.05, 4.69) is 15.9 Å². The number of ether oxygens (including phenoxy) is 1. The molecule has 0 aromatic heterocycles. The van der Waals surface area contributed by atoms with Crippen molar-refractivity contribution >= 4 is 15.9 Å². The summed E-state index contributed by atoms with van der Waals surface area (Å²) in [5.41, 5.74) is 7.96. The Bertz CT molecular complexity index is 310. The lowest BCUT2D eigenvalue weighted by molar-refractivity contribution is 0.410. The van der Waals surface area contributed by atoms with Crippen LogP contribution in [0.3, 0.4) is 0 Å². The molecule has 1 rings (SSSR count). The predicted octanol–water partition coefficient (Wildman–Crippen LogP) is 2.79. The summed E-state index contributed by atoms with van der Waals surface area (Å²) in [5, 5.41) is 0. The van der Waals surface area contributed by atoms with E-state index in [0.29, 0.717) is 0 Å². The van der Waals surface area contributed by atoms with Crippen molar-refractivity contribution in [3.63, 3.8) is 0 Å². The van der Waals surface area contributed by atoms with Gasteiger partial charge in [-0.05, 0) is 31.5 Å². The van der Waals surface area contributed by atoms with Crippen molar-refractivity contribution in [1.29, 1.82) is 0 Å². The fourth-order valence-corrected chi connectivity index (χ4v) is 1.61. The van der Waals surface area contributed by atoms with Crippen molar-refractivity contribution < 1.29 is 4.74 Å². The highest BCUT2D eigenvalue weighted by Gasteiger charge is 2.07. The van der Waals surface area contributed by atoms with E-state index in [4.69, 9.17) is 10.5 Å². The number of halogens is 1. The number of methoxy groups -OCH3 is 1. The molecule has 0 bridgehead atoms. The zero-order valence-corrected chi connectivity index (χ0v) is 9.68. The van der Waals surface area contributed by atoms with E-state index in [0.717, 1.165) is 21.3 Å². The third kappa shape index (κ3) is 2.23. The third-order valence-electron chi connectivity index (χ3n) is 2.06. The normalized spacial score (nSPS) is 12.7. The average molecular weight is 244 g/mol. The molecule has 0 spiro atoms. The second-order valence-electron chi connectivity index (χ2n) is 3.12. The first-order chi connectivity index (χ1) is 6.06. The lowest BCUT2D eigenvalue weighted by atomic mass is 10.1. The van der Waals surface area contributed by atoms with Crippen molar-refractivity contribution in [3.8, 4) is 5.75 Å². The van der Waals surface area contributed by atoms with Crippen LogP contribution in [0.1, 0.15) is 24.1 Å². The number of benzene rings is 1.